The summed E-state index contributed by atoms with van der Waals surface area (Å²) >= 11 is 7.65. The molecule has 0 unspecified atom stereocenters. The van der Waals surface area contributed by atoms with Gasteiger partial charge in [-0.1, -0.05) is 59.8 Å². The number of methoxy groups -OCH3 is 1. The molecule has 1 N–H and O–H groups in total. The van der Waals surface area contributed by atoms with Gasteiger partial charge in [0.15, 0.2) is 11.0 Å². The molecule has 7 heteroatoms. The molecule has 0 aliphatic heterocycles. The predicted octanol–water partition coefficient (Wildman–Crippen LogP) is 5.59. The minimum atomic E-state index is 0.141. The number of phenols is 1. The highest BCUT2D eigenvalue weighted by molar-refractivity contribution is 7.98. The van der Waals surface area contributed by atoms with Crippen molar-refractivity contribution in [2.24, 2.45) is 0 Å². The Morgan fingerprint density at radius 3 is 2.59 bits per heavy atom. The largest absolute Gasteiger partial charge is 0.507 e. The molecule has 0 saturated heterocycles. The highest BCUT2D eigenvalue weighted by atomic mass is 35.5. The molecule has 4 rings (SSSR count). The molecule has 0 aliphatic carbocycles. The zero-order valence-corrected chi connectivity index (χ0v) is 17.2. The number of rotatable bonds is 6. The Morgan fingerprint density at radius 2 is 1.79 bits per heavy atom. The van der Waals surface area contributed by atoms with Gasteiger partial charge in [-0.3, -0.25) is 4.57 Å². The van der Waals surface area contributed by atoms with Gasteiger partial charge in [0.05, 0.1) is 18.4 Å². The fraction of sp³-hybridized carbons (Fsp3) is 0.0909. The monoisotopic (exact) mass is 423 g/mol. The van der Waals surface area contributed by atoms with Crippen LogP contribution in [0.1, 0.15) is 5.56 Å². The van der Waals surface area contributed by atoms with E-state index < -0.39 is 0 Å². The van der Waals surface area contributed by atoms with Crippen LogP contribution in [0.3, 0.4) is 0 Å². The van der Waals surface area contributed by atoms with Crippen LogP contribution in [0.15, 0.2) is 78.0 Å². The Kier molecular flexibility index (Phi) is 5.74. The molecule has 0 fully saturated rings. The highest BCUT2D eigenvalue weighted by Gasteiger charge is 2.20. The van der Waals surface area contributed by atoms with Crippen LogP contribution < -0.4 is 4.74 Å². The van der Waals surface area contributed by atoms with E-state index in [1.165, 1.54) is 11.8 Å². The van der Waals surface area contributed by atoms with E-state index in [1.807, 2.05) is 65.2 Å². The maximum Gasteiger partial charge on any atom is 0.196 e. The summed E-state index contributed by atoms with van der Waals surface area (Å²) in [6.45, 7) is 0. The average Bonchev–Trinajstić information content (AvgIpc) is 3.16. The summed E-state index contributed by atoms with van der Waals surface area (Å²) in [5.41, 5.74) is 2.48. The number of phenolic OH excluding ortho intramolecular Hbond substituents is 1. The van der Waals surface area contributed by atoms with E-state index in [0.717, 1.165) is 11.3 Å². The number of hydrogen-bond acceptors (Lipinski definition) is 5. The summed E-state index contributed by atoms with van der Waals surface area (Å²) in [6.07, 6.45) is 0. The van der Waals surface area contributed by atoms with Crippen molar-refractivity contribution in [3.8, 4) is 28.6 Å². The van der Waals surface area contributed by atoms with Crippen molar-refractivity contribution in [2.45, 2.75) is 10.9 Å². The van der Waals surface area contributed by atoms with Crippen LogP contribution in [0.25, 0.3) is 17.1 Å². The molecule has 0 atom stereocenters. The van der Waals surface area contributed by atoms with Crippen LogP contribution in [0.4, 0.5) is 0 Å². The lowest BCUT2D eigenvalue weighted by Gasteiger charge is -2.14. The molecule has 5 nitrogen and oxygen atoms in total. The van der Waals surface area contributed by atoms with Gasteiger partial charge in [0.2, 0.25) is 0 Å². The van der Waals surface area contributed by atoms with Crippen LogP contribution in [0.5, 0.6) is 11.5 Å². The Morgan fingerprint density at radius 1 is 1.00 bits per heavy atom. The number of aromatic nitrogens is 3. The van der Waals surface area contributed by atoms with Crippen molar-refractivity contribution in [3.05, 3.63) is 83.4 Å². The molecule has 29 heavy (non-hydrogen) atoms. The molecule has 1 heterocycles. The van der Waals surface area contributed by atoms with E-state index in [2.05, 4.69) is 10.2 Å². The first kappa shape index (κ1) is 19.4. The van der Waals surface area contributed by atoms with E-state index in [1.54, 1.807) is 19.2 Å². The Bertz CT molecular complexity index is 1150. The Hall–Kier alpha value is -2.96. The van der Waals surface area contributed by atoms with Gasteiger partial charge < -0.3 is 9.84 Å². The lowest BCUT2D eigenvalue weighted by atomic mass is 10.2. The van der Waals surface area contributed by atoms with Gasteiger partial charge in [0, 0.05) is 10.8 Å². The maximum absolute atomic E-state index is 10.4. The summed E-state index contributed by atoms with van der Waals surface area (Å²) in [7, 11) is 1.63. The summed E-state index contributed by atoms with van der Waals surface area (Å²) in [5.74, 6) is 2.05. The minimum Gasteiger partial charge on any atom is -0.507 e. The fourth-order valence-electron chi connectivity index (χ4n) is 3.01. The highest BCUT2D eigenvalue weighted by Crippen LogP contribution is 2.36. The molecule has 0 bridgehead atoms. The van der Waals surface area contributed by atoms with Crippen LogP contribution in [-0.2, 0) is 5.75 Å². The summed E-state index contributed by atoms with van der Waals surface area (Å²) in [4.78, 5) is 0. The number of thioether (sulfide) groups is 1. The van der Waals surface area contributed by atoms with Crippen LogP contribution in [0.2, 0.25) is 5.02 Å². The van der Waals surface area contributed by atoms with E-state index >= 15 is 0 Å². The van der Waals surface area contributed by atoms with E-state index in [0.29, 0.717) is 33.1 Å². The first-order valence-corrected chi connectivity index (χ1v) is 10.3. The second kappa shape index (κ2) is 8.59. The van der Waals surface area contributed by atoms with Gasteiger partial charge >= 0.3 is 0 Å². The fourth-order valence-corrected chi connectivity index (χ4v) is 4.11. The number of para-hydroxylation sites is 3. The molecule has 1 aromatic heterocycles. The van der Waals surface area contributed by atoms with Gasteiger partial charge in [-0.15, -0.1) is 10.2 Å². The number of benzene rings is 3. The third-order valence-electron chi connectivity index (χ3n) is 4.36. The van der Waals surface area contributed by atoms with Crippen LogP contribution >= 0.6 is 23.4 Å². The van der Waals surface area contributed by atoms with Crippen molar-refractivity contribution >= 4 is 23.4 Å². The van der Waals surface area contributed by atoms with Crippen molar-refractivity contribution in [3.63, 3.8) is 0 Å². The molecule has 0 radical (unpaired) electrons. The van der Waals surface area contributed by atoms with Crippen molar-refractivity contribution in [1.29, 1.82) is 0 Å². The van der Waals surface area contributed by atoms with Gasteiger partial charge in [-0.05, 0) is 42.0 Å². The summed E-state index contributed by atoms with van der Waals surface area (Å²) < 4.78 is 7.46. The zero-order valence-electron chi connectivity index (χ0n) is 15.6. The molecular weight excluding hydrogens is 406 g/mol. The molecule has 3 aromatic carbocycles. The molecule has 4 aromatic rings. The smallest absolute Gasteiger partial charge is 0.196 e. The quantitative estimate of drug-likeness (QED) is 0.409. The van der Waals surface area contributed by atoms with Gasteiger partial charge in [0.1, 0.15) is 11.5 Å². The molecule has 0 amide bonds. The second-order valence-electron chi connectivity index (χ2n) is 6.25. The third kappa shape index (κ3) is 4.09. The minimum absolute atomic E-state index is 0.141. The van der Waals surface area contributed by atoms with Crippen molar-refractivity contribution in [2.75, 3.05) is 7.11 Å². The molecule has 0 saturated carbocycles. The van der Waals surface area contributed by atoms with Crippen LogP contribution in [0, 0.1) is 0 Å². The Labute approximate surface area is 177 Å². The average molecular weight is 424 g/mol. The van der Waals surface area contributed by atoms with Gasteiger partial charge in [0.25, 0.3) is 0 Å². The maximum atomic E-state index is 10.4. The van der Waals surface area contributed by atoms with Gasteiger partial charge in [-0.2, -0.15) is 0 Å². The van der Waals surface area contributed by atoms with E-state index in [-0.39, 0.29) is 5.75 Å². The topological polar surface area (TPSA) is 60.2 Å². The predicted molar refractivity (Wildman–Crippen MR) is 116 cm³/mol. The number of halogens is 1. The normalized spacial score (nSPS) is 10.8. The number of ether oxygens (including phenoxy) is 1. The lowest BCUT2D eigenvalue weighted by molar-refractivity contribution is 0.412. The zero-order chi connectivity index (χ0) is 20.2. The van der Waals surface area contributed by atoms with Crippen molar-refractivity contribution < 1.29 is 9.84 Å². The standard InChI is InChI=1S/C22H18ClN3O2S/c1-28-20-12-5-3-10-18(20)26-21(17-9-2-4-11-19(17)27)24-25-22(26)29-14-15-7-6-8-16(23)13-15/h2-13,27H,14H2,1H3. The second-order valence-corrected chi connectivity index (χ2v) is 7.63. The lowest BCUT2D eigenvalue weighted by Crippen LogP contribution is -2.02. The molecular formula is C22H18ClN3O2S. The number of hydrogen-bond donors (Lipinski definition) is 1. The van der Waals surface area contributed by atoms with Crippen molar-refractivity contribution in [1.82, 2.24) is 14.8 Å². The Balaban J connectivity index is 1.80. The summed E-state index contributed by atoms with van der Waals surface area (Å²) in [5, 5.41) is 20.5. The molecule has 146 valence electrons. The van der Waals surface area contributed by atoms with E-state index in [9.17, 15) is 5.11 Å². The number of nitrogens with zero attached hydrogens (tertiary/aromatic N) is 3. The first-order chi connectivity index (χ1) is 14.2. The summed E-state index contributed by atoms with van der Waals surface area (Å²) in [6, 6.07) is 22.5. The number of aromatic hydroxyl groups is 1. The van der Waals surface area contributed by atoms with Gasteiger partial charge in [-0.25, -0.2) is 0 Å². The SMILES string of the molecule is COc1ccccc1-n1c(SCc2cccc(Cl)c2)nnc1-c1ccccc1O. The molecule has 0 aliphatic rings. The first-order valence-electron chi connectivity index (χ1n) is 8.92. The van der Waals surface area contributed by atoms with Crippen LogP contribution in [-0.4, -0.2) is 27.0 Å². The third-order valence-corrected chi connectivity index (χ3v) is 5.60. The molecule has 0 spiro atoms. The van der Waals surface area contributed by atoms with E-state index in [4.69, 9.17) is 16.3 Å².